The van der Waals surface area contributed by atoms with E-state index in [1.807, 2.05) is 0 Å². The van der Waals surface area contributed by atoms with Gasteiger partial charge < -0.3 is 15.3 Å². The Morgan fingerprint density at radius 1 is 1.38 bits per heavy atom. The zero-order valence-electron chi connectivity index (χ0n) is 14.8. The molecule has 0 spiro atoms. The van der Waals surface area contributed by atoms with Crippen LogP contribution in [0.4, 0.5) is 0 Å². The van der Waals surface area contributed by atoms with Crippen molar-refractivity contribution < 1.29 is 19.5 Å². The van der Waals surface area contributed by atoms with Crippen LogP contribution in [-0.4, -0.2) is 71.0 Å². The molecular weight excluding hydrogens is 310 g/mol. The summed E-state index contributed by atoms with van der Waals surface area (Å²) in [6.45, 7) is 8.74. The summed E-state index contributed by atoms with van der Waals surface area (Å²) in [4.78, 5) is 40.0. The van der Waals surface area contributed by atoms with Crippen LogP contribution in [0.1, 0.15) is 40.0 Å². The predicted molar refractivity (Wildman–Crippen MR) is 89.4 cm³/mol. The van der Waals surface area contributed by atoms with E-state index in [0.29, 0.717) is 19.1 Å². The molecule has 0 aromatic heterocycles. The van der Waals surface area contributed by atoms with E-state index in [4.69, 9.17) is 0 Å². The quantitative estimate of drug-likeness (QED) is 0.707. The first-order valence-electron chi connectivity index (χ1n) is 8.88. The number of carbonyl (C=O) groups is 3. The first-order chi connectivity index (χ1) is 11.3. The fraction of sp³-hybridized carbons (Fsp3) is 0.824. The van der Waals surface area contributed by atoms with Gasteiger partial charge in [0.1, 0.15) is 6.04 Å². The van der Waals surface area contributed by atoms with Crippen molar-refractivity contribution in [2.24, 2.45) is 11.8 Å². The van der Waals surface area contributed by atoms with Gasteiger partial charge in [-0.2, -0.15) is 0 Å². The molecule has 0 radical (unpaired) electrons. The molecule has 2 amide bonds. The van der Waals surface area contributed by atoms with Crippen molar-refractivity contribution in [2.45, 2.75) is 52.1 Å². The Morgan fingerprint density at radius 3 is 2.67 bits per heavy atom. The van der Waals surface area contributed by atoms with Gasteiger partial charge in [-0.15, -0.1) is 0 Å². The number of amides is 2. The fourth-order valence-electron chi connectivity index (χ4n) is 3.68. The molecule has 0 bridgehead atoms. The van der Waals surface area contributed by atoms with Gasteiger partial charge in [0.15, 0.2) is 0 Å². The Balaban J connectivity index is 1.91. The predicted octanol–water partition coefficient (Wildman–Crippen LogP) is 0.545. The van der Waals surface area contributed by atoms with Crippen LogP contribution < -0.4 is 5.32 Å². The number of nitrogens with zero attached hydrogens (tertiary/aromatic N) is 2. The number of likely N-dealkylation sites (tertiary alicyclic amines) is 2. The largest absolute Gasteiger partial charge is 0.480 e. The number of rotatable bonds is 7. The standard InChI is InChI=1S/C17H29N3O4/c1-4-19-7-5-6-13(19)10-20-9-12(8-14(20)21)16(22)18-15(11(2)3)17(23)24/h11-13,15H,4-10H2,1-3H3,(H,18,22)(H,23,24)/t12-,13+,15+/m0/s1. The molecule has 0 aromatic carbocycles. The van der Waals surface area contributed by atoms with Gasteiger partial charge in [-0.3, -0.25) is 14.5 Å². The van der Waals surface area contributed by atoms with E-state index in [2.05, 4.69) is 17.1 Å². The van der Waals surface area contributed by atoms with Gasteiger partial charge in [0.25, 0.3) is 0 Å². The highest BCUT2D eigenvalue weighted by atomic mass is 16.4. The van der Waals surface area contributed by atoms with E-state index in [1.165, 1.54) is 0 Å². The highest BCUT2D eigenvalue weighted by molar-refractivity contribution is 5.91. The average Bonchev–Trinajstić information content (AvgIpc) is 3.11. The lowest BCUT2D eigenvalue weighted by Crippen LogP contribution is -2.47. The highest BCUT2D eigenvalue weighted by Gasteiger charge is 2.38. The summed E-state index contributed by atoms with van der Waals surface area (Å²) >= 11 is 0. The molecule has 2 N–H and O–H groups in total. The second-order valence-electron chi connectivity index (χ2n) is 7.19. The lowest BCUT2D eigenvalue weighted by atomic mass is 10.0. The topological polar surface area (TPSA) is 89.9 Å². The molecule has 3 atom stereocenters. The highest BCUT2D eigenvalue weighted by Crippen LogP contribution is 2.23. The monoisotopic (exact) mass is 339 g/mol. The van der Waals surface area contributed by atoms with Crippen molar-refractivity contribution in [1.82, 2.24) is 15.1 Å². The first kappa shape index (κ1) is 18.7. The Bertz CT molecular complexity index is 494. The van der Waals surface area contributed by atoms with Gasteiger partial charge in [-0.05, 0) is 31.8 Å². The Labute approximate surface area is 143 Å². The summed E-state index contributed by atoms with van der Waals surface area (Å²) in [5.74, 6) is -2.02. The van der Waals surface area contributed by atoms with E-state index in [-0.39, 0.29) is 24.2 Å². The van der Waals surface area contributed by atoms with Crippen LogP contribution in [0.2, 0.25) is 0 Å². The molecule has 24 heavy (non-hydrogen) atoms. The van der Waals surface area contributed by atoms with Crippen molar-refractivity contribution in [3.63, 3.8) is 0 Å². The summed E-state index contributed by atoms with van der Waals surface area (Å²) in [5.41, 5.74) is 0. The Hall–Kier alpha value is -1.63. The molecule has 2 rings (SSSR count). The van der Waals surface area contributed by atoms with Crippen LogP contribution in [-0.2, 0) is 14.4 Å². The number of nitrogens with one attached hydrogen (secondary N) is 1. The maximum Gasteiger partial charge on any atom is 0.326 e. The van der Waals surface area contributed by atoms with Crippen LogP contribution in [0.25, 0.3) is 0 Å². The maximum absolute atomic E-state index is 12.3. The van der Waals surface area contributed by atoms with Crippen LogP contribution >= 0.6 is 0 Å². The number of likely N-dealkylation sites (N-methyl/N-ethyl adjacent to an activating group) is 1. The third-order valence-corrected chi connectivity index (χ3v) is 5.15. The Kier molecular flexibility index (Phi) is 6.21. The van der Waals surface area contributed by atoms with Gasteiger partial charge in [-0.25, -0.2) is 4.79 Å². The van der Waals surface area contributed by atoms with E-state index >= 15 is 0 Å². The minimum atomic E-state index is -1.04. The van der Waals surface area contributed by atoms with Crippen molar-refractivity contribution in [3.05, 3.63) is 0 Å². The number of carboxylic acid groups (broad SMARTS) is 1. The number of carboxylic acids is 1. The molecule has 2 fully saturated rings. The smallest absolute Gasteiger partial charge is 0.326 e. The van der Waals surface area contributed by atoms with E-state index in [1.54, 1.807) is 18.7 Å². The van der Waals surface area contributed by atoms with Crippen molar-refractivity contribution in [1.29, 1.82) is 0 Å². The third kappa shape index (κ3) is 4.26. The minimum Gasteiger partial charge on any atom is -0.480 e. The number of hydrogen-bond acceptors (Lipinski definition) is 4. The fourth-order valence-corrected chi connectivity index (χ4v) is 3.68. The van der Waals surface area contributed by atoms with Gasteiger partial charge in [0.05, 0.1) is 5.92 Å². The molecule has 0 unspecified atom stereocenters. The summed E-state index contributed by atoms with van der Waals surface area (Å²) in [5, 5.41) is 11.8. The zero-order chi connectivity index (χ0) is 17.9. The molecule has 2 aliphatic rings. The Morgan fingerprint density at radius 2 is 2.08 bits per heavy atom. The van der Waals surface area contributed by atoms with Crippen LogP contribution in [0.15, 0.2) is 0 Å². The molecular formula is C17H29N3O4. The molecule has 7 heteroatoms. The van der Waals surface area contributed by atoms with Gasteiger partial charge in [-0.1, -0.05) is 20.8 Å². The lowest BCUT2D eigenvalue weighted by Gasteiger charge is -2.27. The van der Waals surface area contributed by atoms with Crippen molar-refractivity contribution in [2.75, 3.05) is 26.2 Å². The normalized spacial score (nSPS) is 26.2. The second-order valence-corrected chi connectivity index (χ2v) is 7.19. The number of hydrogen-bond donors (Lipinski definition) is 2. The summed E-state index contributed by atoms with van der Waals surface area (Å²) in [7, 11) is 0. The van der Waals surface area contributed by atoms with Gasteiger partial charge >= 0.3 is 5.97 Å². The molecule has 2 heterocycles. The first-order valence-corrected chi connectivity index (χ1v) is 8.88. The van der Waals surface area contributed by atoms with Crippen molar-refractivity contribution >= 4 is 17.8 Å². The molecule has 0 saturated carbocycles. The van der Waals surface area contributed by atoms with Crippen LogP contribution in [0, 0.1) is 11.8 Å². The molecule has 0 aromatic rings. The SMILES string of the molecule is CCN1CCC[C@@H]1CN1C[C@@H](C(=O)N[C@@H](C(=O)O)C(C)C)CC1=O. The minimum absolute atomic E-state index is 0.00507. The van der Waals surface area contributed by atoms with E-state index < -0.39 is 17.9 Å². The van der Waals surface area contributed by atoms with Crippen LogP contribution in [0.5, 0.6) is 0 Å². The zero-order valence-corrected chi connectivity index (χ0v) is 14.8. The number of carbonyl (C=O) groups excluding carboxylic acids is 2. The molecule has 2 aliphatic heterocycles. The van der Waals surface area contributed by atoms with Gasteiger partial charge in [0.2, 0.25) is 11.8 Å². The van der Waals surface area contributed by atoms with Crippen LogP contribution in [0.3, 0.4) is 0 Å². The molecule has 136 valence electrons. The third-order valence-electron chi connectivity index (χ3n) is 5.15. The summed E-state index contributed by atoms with van der Waals surface area (Å²) in [6.07, 6.45) is 2.41. The van der Waals surface area contributed by atoms with E-state index in [0.717, 1.165) is 25.9 Å². The second kappa shape index (κ2) is 7.96. The average molecular weight is 339 g/mol. The van der Waals surface area contributed by atoms with E-state index in [9.17, 15) is 19.5 Å². The molecule has 2 saturated heterocycles. The number of aliphatic carboxylic acids is 1. The molecule has 7 nitrogen and oxygen atoms in total. The maximum atomic E-state index is 12.3. The summed E-state index contributed by atoms with van der Waals surface area (Å²) < 4.78 is 0. The van der Waals surface area contributed by atoms with Crippen molar-refractivity contribution in [3.8, 4) is 0 Å². The summed E-state index contributed by atoms with van der Waals surface area (Å²) in [6, 6.07) is -0.532. The lowest BCUT2D eigenvalue weighted by molar-refractivity contribution is -0.143. The molecule has 0 aliphatic carbocycles. The van der Waals surface area contributed by atoms with Gasteiger partial charge in [0, 0.05) is 25.6 Å².